The Balaban J connectivity index is 2.65. The van der Waals surface area contributed by atoms with Crippen molar-refractivity contribution in [3.8, 4) is 0 Å². The van der Waals surface area contributed by atoms with Gasteiger partial charge < -0.3 is 11.1 Å². The Morgan fingerprint density at radius 1 is 1.62 bits per heavy atom. The third-order valence-electron chi connectivity index (χ3n) is 2.07. The fourth-order valence-corrected chi connectivity index (χ4v) is 1.42. The van der Waals surface area contributed by atoms with E-state index in [0.29, 0.717) is 10.6 Å². The molecule has 0 bridgehead atoms. The summed E-state index contributed by atoms with van der Waals surface area (Å²) in [5.41, 5.74) is 5.99. The van der Waals surface area contributed by atoms with Crippen LogP contribution in [-0.4, -0.2) is 27.1 Å². The van der Waals surface area contributed by atoms with E-state index in [1.807, 2.05) is 6.92 Å². The SMILES string of the molecule is CCCC(NC(=O)c1ccnnc1)C(N)=S. The van der Waals surface area contributed by atoms with Crippen molar-refractivity contribution in [3.63, 3.8) is 0 Å². The average molecular weight is 238 g/mol. The van der Waals surface area contributed by atoms with Crippen molar-refractivity contribution < 1.29 is 4.79 Å². The molecule has 0 aliphatic carbocycles. The minimum Gasteiger partial charge on any atom is -0.392 e. The van der Waals surface area contributed by atoms with Crippen LogP contribution in [0.15, 0.2) is 18.5 Å². The van der Waals surface area contributed by atoms with Gasteiger partial charge in [0, 0.05) is 0 Å². The highest BCUT2D eigenvalue weighted by molar-refractivity contribution is 7.80. The molecule has 0 fully saturated rings. The van der Waals surface area contributed by atoms with Gasteiger partial charge in [0.1, 0.15) is 0 Å². The van der Waals surface area contributed by atoms with Crippen LogP contribution in [0.5, 0.6) is 0 Å². The van der Waals surface area contributed by atoms with Crippen molar-refractivity contribution in [1.82, 2.24) is 15.5 Å². The lowest BCUT2D eigenvalue weighted by atomic mass is 10.1. The number of nitrogens with zero attached hydrogens (tertiary/aromatic N) is 2. The molecular formula is C10H14N4OS. The Morgan fingerprint density at radius 3 is 2.88 bits per heavy atom. The van der Waals surface area contributed by atoms with Gasteiger partial charge >= 0.3 is 0 Å². The van der Waals surface area contributed by atoms with Crippen molar-refractivity contribution in [1.29, 1.82) is 0 Å². The van der Waals surface area contributed by atoms with Crippen molar-refractivity contribution in [2.45, 2.75) is 25.8 Å². The maximum atomic E-state index is 11.7. The van der Waals surface area contributed by atoms with Crippen LogP contribution in [0.25, 0.3) is 0 Å². The van der Waals surface area contributed by atoms with E-state index in [1.54, 1.807) is 6.07 Å². The molecule has 16 heavy (non-hydrogen) atoms. The zero-order valence-electron chi connectivity index (χ0n) is 9.01. The molecule has 6 heteroatoms. The Hall–Kier alpha value is -1.56. The fraction of sp³-hybridized carbons (Fsp3) is 0.400. The van der Waals surface area contributed by atoms with Crippen molar-refractivity contribution in [2.75, 3.05) is 0 Å². The van der Waals surface area contributed by atoms with Crippen LogP contribution in [0.2, 0.25) is 0 Å². The molecule has 0 saturated carbocycles. The first-order valence-corrected chi connectivity index (χ1v) is 5.42. The van der Waals surface area contributed by atoms with Crippen molar-refractivity contribution in [2.24, 2.45) is 5.73 Å². The maximum Gasteiger partial charge on any atom is 0.253 e. The number of thiocarbonyl (C=S) groups is 1. The molecule has 1 heterocycles. The summed E-state index contributed by atoms with van der Waals surface area (Å²) in [5.74, 6) is -0.235. The fourth-order valence-electron chi connectivity index (χ4n) is 1.24. The molecule has 0 saturated heterocycles. The molecule has 1 unspecified atom stereocenters. The quantitative estimate of drug-likeness (QED) is 0.737. The number of aromatic nitrogens is 2. The van der Waals surface area contributed by atoms with Gasteiger partial charge in [0.2, 0.25) is 0 Å². The molecule has 0 aromatic carbocycles. The summed E-state index contributed by atoms with van der Waals surface area (Å²) in [6.45, 7) is 2.01. The van der Waals surface area contributed by atoms with Gasteiger partial charge in [0.05, 0.1) is 29.0 Å². The van der Waals surface area contributed by atoms with Gasteiger partial charge in [-0.3, -0.25) is 4.79 Å². The summed E-state index contributed by atoms with van der Waals surface area (Å²) >= 11 is 4.89. The van der Waals surface area contributed by atoms with E-state index in [-0.39, 0.29) is 11.9 Å². The Morgan fingerprint density at radius 2 is 2.38 bits per heavy atom. The van der Waals surface area contributed by atoms with Gasteiger partial charge in [0.15, 0.2) is 0 Å². The van der Waals surface area contributed by atoms with Gasteiger partial charge in [-0.1, -0.05) is 25.6 Å². The number of nitrogens with one attached hydrogen (secondary N) is 1. The van der Waals surface area contributed by atoms with E-state index in [9.17, 15) is 4.79 Å². The highest BCUT2D eigenvalue weighted by Gasteiger charge is 2.15. The standard InChI is InChI=1S/C10H14N4OS/c1-2-3-8(9(11)16)14-10(15)7-4-5-12-13-6-7/h4-6,8H,2-3H2,1H3,(H2,11,16)(H,14,15). The number of nitrogens with two attached hydrogens (primary N) is 1. The molecule has 86 valence electrons. The summed E-state index contributed by atoms with van der Waals surface area (Å²) in [6, 6.07) is 1.32. The van der Waals surface area contributed by atoms with Crippen LogP contribution in [0.3, 0.4) is 0 Å². The first kappa shape index (κ1) is 12.5. The van der Waals surface area contributed by atoms with Gasteiger partial charge in [-0.2, -0.15) is 10.2 Å². The summed E-state index contributed by atoms with van der Waals surface area (Å²) in [6.07, 6.45) is 4.50. The van der Waals surface area contributed by atoms with Crippen LogP contribution >= 0.6 is 12.2 Å². The van der Waals surface area contributed by atoms with Gasteiger partial charge in [-0.25, -0.2) is 0 Å². The molecule has 0 spiro atoms. The Labute approximate surface area is 99.4 Å². The molecule has 0 aliphatic rings. The monoisotopic (exact) mass is 238 g/mol. The van der Waals surface area contributed by atoms with E-state index >= 15 is 0 Å². The number of hydrogen-bond acceptors (Lipinski definition) is 4. The molecule has 1 amide bonds. The van der Waals surface area contributed by atoms with Gasteiger partial charge in [-0.05, 0) is 12.5 Å². The maximum absolute atomic E-state index is 11.7. The van der Waals surface area contributed by atoms with Crippen LogP contribution < -0.4 is 11.1 Å². The number of carbonyl (C=O) groups is 1. The van der Waals surface area contributed by atoms with E-state index in [1.165, 1.54) is 12.4 Å². The molecule has 0 radical (unpaired) electrons. The highest BCUT2D eigenvalue weighted by Crippen LogP contribution is 2.00. The second-order valence-corrected chi connectivity index (χ2v) is 3.82. The molecule has 1 rings (SSSR count). The average Bonchev–Trinajstić information content (AvgIpc) is 2.29. The van der Waals surface area contributed by atoms with E-state index in [4.69, 9.17) is 18.0 Å². The number of hydrogen-bond donors (Lipinski definition) is 2. The lowest BCUT2D eigenvalue weighted by Gasteiger charge is -2.16. The van der Waals surface area contributed by atoms with E-state index in [2.05, 4.69) is 15.5 Å². The smallest absolute Gasteiger partial charge is 0.253 e. The normalized spacial score (nSPS) is 11.8. The van der Waals surface area contributed by atoms with Crippen molar-refractivity contribution >= 4 is 23.1 Å². The predicted molar refractivity (Wildman–Crippen MR) is 65.0 cm³/mol. The number of carbonyl (C=O) groups excluding carboxylic acids is 1. The van der Waals surface area contributed by atoms with E-state index in [0.717, 1.165) is 12.8 Å². The molecular weight excluding hydrogens is 224 g/mol. The lowest BCUT2D eigenvalue weighted by Crippen LogP contribution is -2.43. The van der Waals surface area contributed by atoms with Crippen LogP contribution in [0.4, 0.5) is 0 Å². The van der Waals surface area contributed by atoms with E-state index < -0.39 is 0 Å². The number of amides is 1. The Kier molecular flexibility index (Phi) is 4.78. The minimum atomic E-state index is -0.263. The van der Waals surface area contributed by atoms with Crippen molar-refractivity contribution in [3.05, 3.63) is 24.0 Å². The predicted octanol–water partition coefficient (Wildman–Crippen LogP) is 0.661. The Bertz CT molecular complexity index is 368. The topological polar surface area (TPSA) is 80.9 Å². The minimum absolute atomic E-state index is 0.235. The second kappa shape index (κ2) is 6.12. The largest absolute Gasteiger partial charge is 0.392 e. The molecule has 1 aromatic heterocycles. The van der Waals surface area contributed by atoms with Crippen LogP contribution in [0.1, 0.15) is 30.1 Å². The second-order valence-electron chi connectivity index (χ2n) is 3.35. The lowest BCUT2D eigenvalue weighted by molar-refractivity contribution is 0.0945. The zero-order chi connectivity index (χ0) is 12.0. The third-order valence-corrected chi connectivity index (χ3v) is 2.36. The summed E-state index contributed by atoms with van der Waals surface area (Å²) in [5, 5.41) is 9.99. The van der Waals surface area contributed by atoms with Gasteiger partial charge in [-0.15, -0.1) is 0 Å². The molecule has 0 aliphatic heterocycles. The molecule has 3 N–H and O–H groups in total. The summed E-state index contributed by atoms with van der Waals surface area (Å²) < 4.78 is 0. The zero-order valence-corrected chi connectivity index (χ0v) is 9.83. The third kappa shape index (κ3) is 3.54. The summed E-state index contributed by atoms with van der Waals surface area (Å²) in [7, 11) is 0. The first-order valence-electron chi connectivity index (χ1n) is 5.02. The van der Waals surface area contributed by atoms with Gasteiger partial charge in [0.25, 0.3) is 5.91 Å². The first-order chi connectivity index (χ1) is 7.65. The molecule has 5 nitrogen and oxygen atoms in total. The molecule has 1 atom stereocenters. The summed E-state index contributed by atoms with van der Waals surface area (Å²) in [4.78, 5) is 12.0. The molecule has 1 aromatic rings. The van der Waals surface area contributed by atoms with Crippen LogP contribution in [0, 0.1) is 0 Å². The number of rotatable bonds is 5. The van der Waals surface area contributed by atoms with Crippen LogP contribution in [-0.2, 0) is 0 Å². The highest BCUT2D eigenvalue weighted by atomic mass is 32.1.